The monoisotopic (exact) mass is 267 g/mol. The number of rotatable bonds is 8. The largest absolute Gasteiger partial charge is 0.384 e. The van der Waals surface area contributed by atoms with E-state index in [2.05, 4.69) is 43.1 Å². The predicted octanol–water partition coefficient (Wildman–Crippen LogP) is 2.51. The number of hydrogen-bond donors (Lipinski definition) is 1. The van der Waals surface area contributed by atoms with Gasteiger partial charge in [0.15, 0.2) is 0 Å². The van der Waals surface area contributed by atoms with Gasteiger partial charge in [-0.2, -0.15) is 0 Å². The third-order valence-corrected chi connectivity index (χ3v) is 3.23. The number of likely N-dealkylation sites (N-methyl/N-ethyl adjacent to an activating group) is 2. The normalized spacial score (nSPS) is 13.0. The summed E-state index contributed by atoms with van der Waals surface area (Å²) in [5.74, 6) is -0.194. The average Bonchev–Trinajstić information content (AvgIpc) is 2.36. The van der Waals surface area contributed by atoms with Crippen molar-refractivity contribution in [1.82, 2.24) is 9.80 Å². The van der Waals surface area contributed by atoms with E-state index >= 15 is 0 Å². The van der Waals surface area contributed by atoms with Crippen LogP contribution in [0.15, 0.2) is 24.3 Å². The first-order chi connectivity index (χ1) is 9.02. The van der Waals surface area contributed by atoms with Gasteiger partial charge in [0, 0.05) is 31.4 Å². The number of hydrogen-bond acceptors (Lipinski definition) is 3. The van der Waals surface area contributed by atoms with Gasteiger partial charge in [-0.15, -0.1) is 0 Å². The van der Waals surface area contributed by atoms with Crippen molar-refractivity contribution in [2.75, 3.05) is 45.6 Å². The lowest BCUT2D eigenvalue weighted by atomic mass is 10.2. The molecule has 0 spiro atoms. The molecule has 0 saturated carbocycles. The van der Waals surface area contributed by atoms with E-state index in [-0.39, 0.29) is 5.82 Å². The van der Waals surface area contributed by atoms with Crippen LogP contribution in [-0.4, -0.2) is 56.1 Å². The fourth-order valence-corrected chi connectivity index (χ4v) is 2.25. The quantitative estimate of drug-likeness (QED) is 0.781. The maximum atomic E-state index is 12.8. The summed E-state index contributed by atoms with van der Waals surface area (Å²) in [5.41, 5.74) is 0.970. The van der Waals surface area contributed by atoms with Gasteiger partial charge in [-0.05, 0) is 51.8 Å². The SMILES string of the molecule is CCN(CCNc1ccc(F)cc1)C(C)CN(C)C. The molecular formula is C15H26FN3. The standard InChI is InChI=1S/C15H26FN3/c1-5-19(13(2)12-18(3)4)11-10-17-15-8-6-14(16)7-9-15/h6-9,13,17H,5,10-12H2,1-4H3. The Bertz CT molecular complexity index is 351. The third-order valence-electron chi connectivity index (χ3n) is 3.23. The Kier molecular flexibility index (Phi) is 6.81. The molecule has 1 unspecified atom stereocenters. The Hall–Kier alpha value is -1.13. The fraction of sp³-hybridized carbons (Fsp3) is 0.600. The summed E-state index contributed by atoms with van der Waals surface area (Å²) in [7, 11) is 4.20. The number of nitrogens with one attached hydrogen (secondary N) is 1. The number of benzene rings is 1. The van der Waals surface area contributed by atoms with Crippen molar-refractivity contribution in [2.24, 2.45) is 0 Å². The van der Waals surface area contributed by atoms with Crippen LogP contribution in [-0.2, 0) is 0 Å². The molecular weight excluding hydrogens is 241 g/mol. The lowest BCUT2D eigenvalue weighted by molar-refractivity contribution is 0.188. The highest BCUT2D eigenvalue weighted by Gasteiger charge is 2.12. The van der Waals surface area contributed by atoms with E-state index in [1.54, 1.807) is 12.1 Å². The van der Waals surface area contributed by atoms with Crippen molar-refractivity contribution in [1.29, 1.82) is 0 Å². The van der Waals surface area contributed by atoms with Gasteiger partial charge in [-0.1, -0.05) is 6.92 Å². The molecule has 0 aliphatic carbocycles. The van der Waals surface area contributed by atoms with E-state index in [9.17, 15) is 4.39 Å². The van der Waals surface area contributed by atoms with Crippen LogP contribution >= 0.6 is 0 Å². The zero-order valence-electron chi connectivity index (χ0n) is 12.5. The third kappa shape index (κ3) is 6.03. The second-order valence-corrected chi connectivity index (χ2v) is 5.17. The van der Waals surface area contributed by atoms with Crippen LogP contribution in [0.1, 0.15) is 13.8 Å². The Balaban J connectivity index is 2.35. The van der Waals surface area contributed by atoms with Crippen LogP contribution in [0.25, 0.3) is 0 Å². The van der Waals surface area contributed by atoms with Crippen LogP contribution in [0.5, 0.6) is 0 Å². The second kappa shape index (κ2) is 8.12. The van der Waals surface area contributed by atoms with Crippen molar-refractivity contribution in [3.05, 3.63) is 30.1 Å². The van der Waals surface area contributed by atoms with E-state index in [4.69, 9.17) is 0 Å². The lowest BCUT2D eigenvalue weighted by Crippen LogP contribution is -2.42. The molecule has 1 aromatic rings. The minimum absolute atomic E-state index is 0.194. The van der Waals surface area contributed by atoms with Crippen molar-refractivity contribution in [3.63, 3.8) is 0 Å². The minimum atomic E-state index is -0.194. The highest BCUT2D eigenvalue weighted by molar-refractivity contribution is 5.42. The van der Waals surface area contributed by atoms with Gasteiger partial charge in [0.25, 0.3) is 0 Å². The molecule has 4 heteroatoms. The van der Waals surface area contributed by atoms with E-state index in [0.717, 1.165) is 31.9 Å². The second-order valence-electron chi connectivity index (χ2n) is 5.17. The van der Waals surface area contributed by atoms with Crippen LogP contribution in [0.2, 0.25) is 0 Å². The van der Waals surface area contributed by atoms with Gasteiger partial charge in [-0.25, -0.2) is 4.39 Å². The average molecular weight is 267 g/mol. The van der Waals surface area contributed by atoms with Gasteiger partial charge in [0.1, 0.15) is 5.82 Å². The molecule has 108 valence electrons. The number of anilines is 1. The highest BCUT2D eigenvalue weighted by atomic mass is 19.1. The summed E-state index contributed by atoms with van der Waals surface area (Å²) in [6.45, 7) is 8.40. The molecule has 1 rings (SSSR count). The van der Waals surface area contributed by atoms with Gasteiger partial charge in [-0.3, -0.25) is 4.90 Å². The van der Waals surface area contributed by atoms with E-state index in [1.807, 2.05) is 0 Å². The molecule has 1 atom stereocenters. The molecule has 0 radical (unpaired) electrons. The fourth-order valence-electron chi connectivity index (χ4n) is 2.25. The molecule has 0 fully saturated rings. The molecule has 1 aromatic carbocycles. The van der Waals surface area contributed by atoms with Crippen LogP contribution in [0.3, 0.4) is 0 Å². The Morgan fingerprint density at radius 3 is 2.37 bits per heavy atom. The molecule has 3 nitrogen and oxygen atoms in total. The topological polar surface area (TPSA) is 18.5 Å². The van der Waals surface area contributed by atoms with Crippen molar-refractivity contribution in [2.45, 2.75) is 19.9 Å². The van der Waals surface area contributed by atoms with Gasteiger partial charge in [0.05, 0.1) is 0 Å². The highest BCUT2D eigenvalue weighted by Crippen LogP contribution is 2.08. The van der Waals surface area contributed by atoms with E-state index < -0.39 is 0 Å². The van der Waals surface area contributed by atoms with Gasteiger partial charge in [0.2, 0.25) is 0 Å². The van der Waals surface area contributed by atoms with Crippen molar-refractivity contribution < 1.29 is 4.39 Å². The summed E-state index contributed by atoms with van der Waals surface area (Å²) < 4.78 is 12.8. The van der Waals surface area contributed by atoms with Crippen molar-refractivity contribution in [3.8, 4) is 0 Å². The lowest BCUT2D eigenvalue weighted by Gasteiger charge is -2.30. The molecule has 0 heterocycles. The van der Waals surface area contributed by atoms with Crippen LogP contribution in [0.4, 0.5) is 10.1 Å². The summed E-state index contributed by atoms with van der Waals surface area (Å²) in [6, 6.07) is 7.04. The van der Waals surface area contributed by atoms with Crippen LogP contribution < -0.4 is 5.32 Å². The Labute approximate surface area is 116 Å². The van der Waals surface area contributed by atoms with Crippen molar-refractivity contribution >= 4 is 5.69 Å². The first kappa shape index (κ1) is 15.9. The first-order valence-corrected chi connectivity index (χ1v) is 6.91. The Morgan fingerprint density at radius 2 is 1.84 bits per heavy atom. The van der Waals surface area contributed by atoms with Crippen LogP contribution in [0, 0.1) is 5.82 Å². The first-order valence-electron chi connectivity index (χ1n) is 6.91. The molecule has 1 N–H and O–H groups in total. The molecule has 0 amide bonds. The maximum Gasteiger partial charge on any atom is 0.123 e. The molecule has 0 aliphatic rings. The minimum Gasteiger partial charge on any atom is -0.384 e. The molecule has 19 heavy (non-hydrogen) atoms. The van der Waals surface area contributed by atoms with Gasteiger partial charge < -0.3 is 10.2 Å². The van der Waals surface area contributed by atoms with Gasteiger partial charge >= 0.3 is 0 Å². The number of halogens is 1. The summed E-state index contributed by atoms with van der Waals surface area (Å²) in [6.07, 6.45) is 0. The molecule has 0 aromatic heterocycles. The summed E-state index contributed by atoms with van der Waals surface area (Å²) >= 11 is 0. The smallest absolute Gasteiger partial charge is 0.123 e. The molecule has 0 bridgehead atoms. The zero-order valence-corrected chi connectivity index (χ0v) is 12.5. The predicted molar refractivity (Wildman–Crippen MR) is 80.2 cm³/mol. The molecule has 0 saturated heterocycles. The molecule has 0 aliphatic heterocycles. The maximum absolute atomic E-state index is 12.8. The summed E-state index contributed by atoms with van der Waals surface area (Å²) in [4.78, 5) is 4.65. The van der Waals surface area contributed by atoms with E-state index in [0.29, 0.717) is 6.04 Å². The van der Waals surface area contributed by atoms with E-state index in [1.165, 1.54) is 12.1 Å². The Morgan fingerprint density at radius 1 is 1.21 bits per heavy atom. The summed E-state index contributed by atoms with van der Waals surface area (Å²) in [5, 5.41) is 3.32. The number of nitrogens with zero attached hydrogens (tertiary/aromatic N) is 2. The zero-order chi connectivity index (χ0) is 14.3.